The van der Waals surface area contributed by atoms with Gasteiger partial charge in [0.2, 0.25) is 0 Å². The van der Waals surface area contributed by atoms with E-state index in [1.807, 2.05) is 36.4 Å². The number of aryl methyl sites for hydroxylation is 2. The van der Waals surface area contributed by atoms with Crippen molar-refractivity contribution < 1.29 is 4.74 Å². The maximum Gasteiger partial charge on any atom is 0.337 e. The predicted molar refractivity (Wildman–Crippen MR) is 120 cm³/mol. The summed E-state index contributed by atoms with van der Waals surface area (Å²) in [5, 5.41) is 0.702. The first-order chi connectivity index (χ1) is 14.7. The van der Waals surface area contributed by atoms with Crippen LogP contribution in [0.2, 0.25) is 0 Å². The number of fused-ring (bicyclic) bond motifs is 3. The number of benzene rings is 2. The number of methoxy groups -OCH3 is 1. The summed E-state index contributed by atoms with van der Waals surface area (Å²) in [4.78, 5) is 29.3. The summed E-state index contributed by atoms with van der Waals surface area (Å²) >= 11 is 1.61. The first-order valence-electron chi connectivity index (χ1n) is 10.2. The van der Waals surface area contributed by atoms with Crippen LogP contribution in [0.15, 0.2) is 64.2 Å². The maximum atomic E-state index is 13.6. The molecule has 0 bridgehead atoms. The molecule has 0 aliphatic heterocycles. The highest BCUT2D eigenvalue weighted by Crippen LogP contribution is 2.34. The highest BCUT2D eigenvalue weighted by atomic mass is 32.1. The molecule has 0 unspecified atom stereocenters. The molecule has 30 heavy (non-hydrogen) atoms. The molecule has 5 nitrogen and oxygen atoms in total. The zero-order valence-electron chi connectivity index (χ0n) is 16.8. The molecule has 5 rings (SSSR count). The van der Waals surface area contributed by atoms with Crippen LogP contribution in [0.5, 0.6) is 5.75 Å². The number of aromatic nitrogens is 2. The minimum absolute atomic E-state index is 0.230. The highest BCUT2D eigenvalue weighted by molar-refractivity contribution is 7.18. The van der Waals surface area contributed by atoms with E-state index in [9.17, 15) is 9.59 Å². The Morgan fingerprint density at radius 1 is 1.00 bits per heavy atom. The smallest absolute Gasteiger partial charge is 0.337 e. The second-order valence-electron chi connectivity index (χ2n) is 7.59. The zero-order valence-corrected chi connectivity index (χ0v) is 17.6. The maximum absolute atomic E-state index is 13.6. The Kier molecular flexibility index (Phi) is 4.79. The van der Waals surface area contributed by atoms with Gasteiger partial charge in [-0.25, -0.2) is 9.36 Å². The van der Waals surface area contributed by atoms with E-state index in [1.165, 1.54) is 9.44 Å². The van der Waals surface area contributed by atoms with Crippen LogP contribution in [-0.4, -0.2) is 16.2 Å². The fraction of sp³-hybridized carbons (Fsp3) is 0.250. The summed E-state index contributed by atoms with van der Waals surface area (Å²) in [7, 11) is 1.58. The molecular formula is C24H22N2O3S. The summed E-state index contributed by atoms with van der Waals surface area (Å²) in [6, 6.07) is 17.0. The van der Waals surface area contributed by atoms with Crippen LogP contribution in [0.25, 0.3) is 15.9 Å². The topological polar surface area (TPSA) is 53.2 Å². The van der Waals surface area contributed by atoms with Gasteiger partial charge < -0.3 is 4.74 Å². The van der Waals surface area contributed by atoms with E-state index in [-0.39, 0.29) is 11.2 Å². The lowest BCUT2D eigenvalue weighted by Gasteiger charge is -2.14. The number of hydrogen-bond donors (Lipinski definition) is 0. The molecule has 6 heteroatoms. The Morgan fingerprint density at radius 2 is 1.80 bits per heavy atom. The third-order valence-corrected chi connectivity index (χ3v) is 7.05. The van der Waals surface area contributed by atoms with Gasteiger partial charge in [0.15, 0.2) is 0 Å². The number of ether oxygens (including phenoxy) is 1. The number of rotatable bonds is 4. The van der Waals surface area contributed by atoms with Gasteiger partial charge in [0.1, 0.15) is 10.6 Å². The average Bonchev–Trinajstić information content (AvgIpc) is 3.17. The van der Waals surface area contributed by atoms with Crippen molar-refractivity contribution in [2.24, 2.45) is 0 Å². The molecule has 0 N–H and O–H groups in total. The standard InChI is InChI=1S/C24H22N2O3S/c1-29-18-11-7-10-17(14-18)26-22(27)21-19-12-5-6-13-20(19)30-23(21)25(24(26)28)15-16-8-3-2-4-9-16/h2-4,7-11,14H,5-6,12-13,15H2,1H3. The van der Waals surface area contributed by atoms with Gasteiger partial charge in [0, 0.05) is 10.9 Å². The van der Waals surface area contributed by atoms with Crippen LogP contribution in [0.3, 0.4) is 0 Å². The van der Waals surface area contributed by atoms with Crippen molar-refractivity contribution in [2.45, 2.75) is 32.2 Å². The van der Waals surface area contributed by atoms with Gasteiger partial charge in [-0.2, -0.15) is 0 Å². The van der Waals surface area contributed by atoms with Crippen molar-refractivity contribution >= 4 is 21.6 Å². The van der Waals surface area contributed by atoms with Gasteiger partial charge >= 0.3 is 5.69 Å². The summed E-state index contributed by atoms with van der Waals surface area (Å²) in [6.07, 6.45) is 4.08. The molecule has 2 heterocycles. The van der Waals surface area contributed by atoms with Gasteiger partial charge in [0.05, 0.1) is 24.7 Å². The molecule has 4 aromatic rings. The molecule has 0 atom stereocenters. The van der Waals surface area contributed by atoms with E-state index in [1.54, 1.807) is 41.2 Å². The second-order valence-corrected chi connectivity index (χ2v) is 8.67. The van der Waals surface area contributed by atoms with Gasteiger partial charge in [-0.05, 0) is 48.9 Å². The SMILES string of the molecule is COc1cccc(-n2c(=O)c3c4c(sc3n(Cc3ccccc3)c2=O)CCCC4)c1. The largest absolute Gasteiger partial charge is 0.497 e. The second kappa shape index (κ2) is 7.61. The number of nitrogens with zero attached hydrogens (tertiary/aromatic N) is 2. The van der Waals surface area contributed by atoms with Gasteiger partial charge in [-0.1, -0.05) is 36.4 Å². The van der Waals surface area contributed by atoms with Crippen LogP contribution >= 0.6 is 11.3 Å². The fourth-order valence-electron chi connectivity index (χ4n) is 4.25. The minimum atomic E-state index is -0.316. The molecule has 0 saturated carbocycles. The van der Waals surface area contributed by atoms with E-state index in [4.69, 9.17) is 4.74 Å². The lowest BCUT2D eigenvalue weighted by Crippen LogP contribution is -2.39. The molecule has 0 radical (unpaired) electrons. The molecule has 0 amide bonds. The molecule has 0 spiro atoms. The monoisotopic (exact) mass is 418 g/mol. The normalized spacial score (nSPS) is 13.4. The molecule has 2 aromatic carbocycles. The third kappa shape index (κ3) is 3.08. The van der Waals surface area contributed by atoms with Crippen LogP contribution in [-0.2, 0) is 19.4 Å². The Morgan fingerprint density at radius 3 is 2.60 bits per heavy atom. The van der Waals surface area contributed by atoms with Crippen molar-refractivity contribution in [1.82, 2.24) is 9.13 Å². The van der Waals surface area contributed by atoms with Crippen LogP contribution in [0.1, 0.15) is 28.8 Å². The van der Waals surface area contributed by atoms with Crippen molar-refractivity contribution in [1.29, 1.82) is 0 Å². The van der Waals surface area contributed by atoms with E-state index >= 15 is 0 Å². The van der Waals surface area contributed by atoms with Crippen LogP contribution in [0, 0.1) is 0 Å². The summed E-state index contributed by atoms with van der Waals surface area (Å²) in [5.41, 5.74) is 2.15. The predicted octanol–water partition coefficient (Wildman–Crippen LogP) is 4.15. The molecule has 1 aliphatic carbocycles. The lowest BCUT2D eigenvalue weighted by molar-refractivity contribution is 0.414. The number of thiophene rings is 1. The Bertz CT molecular complexity index is 1350. The number of hydrogen-bond acceptors (Lipinski definition) is 4. The Balaban J connectivity index is 1.84. The van der Waals surface area contributed by atoms with E-state index in [0.29, 0.717) is 23.4 Å². The Labute approximate surface area is 177 Å². The molecule has 0 fully saturated rings. The van der Waals surface area contributed by atoms with Gasteiger partial charge in [-0.3, -0.25) is 9.36 Å². The molecular weight excluding hydrogens is 396 g/mol. The minimum Gasteiger partial charge on any atom is -0.497 e. The van der Waals surface area contributed by atoms with E-state index in [0.717, 1.165) is 41.6 Å². The molecule has 2 aromatic heterocycles. The van der Waals surface area contributed by atoms with Crippen molar-refractivity contribution in [3.63, 3.8) is 0 Å². The van der Waals surface area contributed by atoms with Gasteiger partial charge in [0.25, 0.3) is 5.56 Å². The lowest BCUT2D eigenvalue weighted by atomic mass is 9.97. The van der Waals surface area contributed by atoms with E-state index < -0.39 is 0 Å². The molecule has 0 saturated heterocycles. The quantitative estimate of drug-likeness (QED) is 0.500. The van der Waals surface area contributed by atoms with Crippen molar-refractivity contribution in [3.8, 4) is 11.4 Å². The fourth-order valence-corrected chi connectivity index (χ4v) is 5.62. The Hall–Kier alpha value is -3.12. The molecule has 1 aliphatic rings. The van der Waals surface area contributed by atoms with Crippen molar-refractivity contribution in [3.05, 3.63) is 91.4 Å². The first kappa shape index (κ1) is 18.9. The van der Waals surface area contributed by atoms with Crippen LogP contribution in [0.4, 0.5) is 0 Å². The zero-order chi connectivity index (χ0) is 20.7. The summed E-state index contributed by atoms with van der Waals surface area (Å²) in [5.74, 6) is 0.612. The van der Waals surface area contributed by atoms with Crippen LogP contribution < -0.4 is 16.0 Å². The first-order valence-corrected chi connectivity index (χ1v) is 11.0. The van der Waals surface area contributed by atoms with Crippen molar-refractivity contribution in [2.75, 3.05) is 7.11 Å². The summed E-state index contributed by atoms with van der Waals surface area (Å²) < 4.78 is 8.38. The molecule has 152 valence electrons. The summed E-state index contributed by atoms with van der Waals surface area (Å²) in [6.45, 7) is 0.430. The third-order valence-electron chi connectivity index (χ3n) is 5.73. The average molecular weight is 419 g/mol. The highest BCUT2D eigenvalue weighted by Gasteiger charge is 2.24. The van der Waals surface area contributed by atoms with Gasteiger partial charge in [-0.15, -0.1) is 11.3 Å². The van der Waals surface area contributed by atoms with E-state index in [2.05, 4.69) is 0 Å².